The number of nitrogens with one attached hydrogen (secondary N) is 4. The number of rotatable bonds is 0. The molecule has 0 fully saturated rings. The number of ether oxygens (including phenoxy) is 1. The van der Waals surface area contributed by atoms with Gasteiger partial charge < -0.3 is 40.8 Å². The largest absolute Gasteiger partial charge is 0.467 e. The molecule has 0 atom stereocenters. The van der Waals surface area contributed by atoms with Crippen LogP contribution in [-0.4, -0.2) is 141 Å². The second-order valence-corrected chi connectivity index (χ2v) is 24.2. The zero-order valence-corrected chi connectivity index (χ0v) is 59.0. The predicted octanol–water partition coefficient (Wildman–Crippen LogP) is 15.4. The molecular weight excluding hydrogens is 1110 g/mol. The maximum absolute atomic E-state index is 5.21. The number of hydrogen-bond acceptors (Lipinski definition) is 17. The average molecular weight is 1220 g/mol. The van der Waals surface area contributed by atoms with E-state index in [-0.39, 0.29) is 0 Å². The predicted molar refractivity (Wildman–Crippen MR) is 388 cm³/mol. The number of aliphatic imine (C=N–C) groups is 3. The van der Waals surface area contributed by atoms with Crippen molar-refractivity contribution in [3.05, 3.63) is 188 Å². The SMILES string of the molecule is CC1=CC(C)=NNC1.CC1=CCC=C(C)O1.CC1=CCC=C(C)S1.CC1=CCN=C(C)N1.CC1=CN(C)C=CC1.CC1=CN(C)CC=C1.CC1=CN(C)CC=N1.CC1=CN(C)N=CC1.CC1=CNCC(C)=C1.CC1=CNCC(C)=N1.CC1=NN(C)CC=C1. The van der Waals surface area contributed by atoms with Gasteiger partial charge in [0.15, 0.2) is 0 Å². The number of allylic oxidation sites excluding steroid dienone is 20. The Morgan fingerprint density at radius 3 is 1.53 bits per heavy atom. The van der Waals surface area contributed by atoms with E-state index in [0.29, 0.717) is 0 Å². The summed E-state index contributed by atoms with van der Waals surface area (Å²) in [5.41, 5.74) is 17.7. The highest BCUT2D eigenvalue weighted by Gasteiger charge is 2.02. The third kappa shape index (κ3) is 44.6. The van der Waals surface area contributed by atoms with Crippen molar-refractivity contribution < 1.29 is 4.74 Å². The average Bonchev–Trinajstić information content (AvgIpc) is 3.42. The molecule has 0 radical (unpaired) electrons. The topological polar surface area (TPSA) is 148 Å². The summed E-state index contributed by atoms with van der Waals surface area (Å²) < 4.78 is 5.21. The lowest BCUT2D eigenvalue weighted by Gasteiger charge is -2.15. The third-order valence-corrected chi connectivity index (χ3v) is 13.3. The molecular formula is C71H113N15OS. The van der Waals surface area contributed by atoms with Gasteiger partial charge in [-0.2, -0.15) is 15.3 Å². The molecule has 11 aliphatic heterocycles. The number of likely N-dealkylation sites (N-methyl/N-ethyl adjacent to an activating group) is 2. The van der Waals surface area contributed by atoms with Crippen LogP contribution in [-0.2, 0) is 4.74 Å². The standard InChI is InChI=1S/3C7H11N.C7H10O.C7H10S.6C6H10N2/c1-6-3-7(2)5-8-4-6;2*1-7-4-3-5-8(2)6-7;2*1-6-4-3-5-7(2)8-6;1-5-3-7-4-6(2)8-5;1-5-3-6(2)8-7-4-5;1-6-5-8(2)4-3-7-6;1-6-3-4-7-8(2)5-6;1-6-4-3-5-8(2)7-6;1-5-3-4-7-6(2)8-5/h3-4,8H,5H2,1-2H3;3,5-6H,4H2,1-2H3;3-4,6H,5H2,1-2H3;2*4-5H,3H2,1-2H3;2*3,7H,4H2,1-2H3;3,5H,4H2,1-2H3;4-5H,3H2,1-2H3;3-4H,5H2,1-2H3;3H,4H2,1-2H3,(H,7,8). The zero-order valence-electron chi connectivity index (χ0n) is 58.1. The minimum Gasteiger partial charge on any atom is -0.467 e. The van der Waals surface area contributed by atoms with Gasteiger partial charge in [-0.1, -0.05) is 64.8 Å². The monoisotopic (exact) mass is 1220 g/mol. The number of nitrogens with zero attached hydrogens (tertiary/aromatic N) is 11. The van der Waals surface area contributed by atoms with E-state index >= 15 is 0 Å². The van der Waals surface area contributed by atoms with Crippen LogP contribution in [0, 0.1) is 0 Å². The van der Waals surface area contributed by atoms with E-state index in [0.717, 1.165) is 117 Å². The van der Waals surface area contributed by atoms with Crippen molar-refractivity contribution in [2.24, 2.45) is 30.3 Å². The molecule has 0 aromatic heterocycles. The second-order valence-electron chi connectivity index (χ2n) is 22.7. The molecule has 0 aromatic carbocycles. The molecule has 0 saturated heterocycles. The second kappa shape index (κ2) is 46.4. The zero-order chi connectivity index (χ0) is 65.8. The van der Waals surface area contributed by atoms with Gasteiger partial charge in [-0.05, 0) is 201 Å². The van der Waals surface area contributed by atoms with Crippen molar-refractivity contribution >= 4 is 47.2 Å². The third-order valence-electron chi connectivity index (χ3n) is 12.3. The molecule has 0 bridgehead atoms. The lowest BCUT2D eigenvalue weighted by molar-refractivity contribution is 0.300. The van der Waals surface area contributed by atoms with E-state index in [2.05, 4.69) is 214 Å². The molecule has 11 heterocycles. The van der Waals surface area contributed by atoms with Gasteiger partial charge in [-0.25, -0.2) is 0 Å². The van der Waals surface area contributed by atoms with Crippen molar-refractivity contribution in [1.82, 2.24) is 46.1 Å². The van der Waals surface area contributed by atoms with Crippen molar-refractivity contribution in [3.8, 4) is 0 Å². The summed E-state index contributed by atoms with van der Waals surface area (Å²) in [6.07, 6.45) is 48.0. The van der Waals surface area contributed by atoms with Gasteiger partial charge in [-0.3, -0.25) is 25.0 Å². The van der Waals surface area contributed by atoms with Crippen molar-refractivity contribution in [3.63, 3.8) is 0 Å². The highest BCUT2D eigenvalue weighted by Crippen LogP contribution is 2.28. The molecule has 0 saturated carbocycles. The van der Waals surface area contributed by atoms with Crippen LogP contribution in [0.25, 0.3) is 0 Å². The molecule has 0 aliphatic carbocycles. The van der Waals surface area contributed by atoms with Gasteiger partial charge in [0.2, 0.25) is 0 Å². The number of hydrazone groups is 3. The van der Waals surface area contributed by atoms with Crippen LogP contribution in [0.15, 0.2) is 218 Å². The molecule has 11 rings (SSSR count). The molecule has 16 nitrogen and oxygen atoms in total. The van der Waals surface area contributed by atoms with Crippen molar-refractivity contribution in [2.75, 3.05) is 81.1 Å². The first-order chi connectivity index (χ1) is 41.7. The molecule has 88 heavy (non-hydrogen) atoms. The fraction of sp³-hybridized carbons (Fsp3) is 0.465. The minimum absolute atomic E-state index is 0.838. The molecule has 0 unspecified atom stereocenters. The van der Waals surface area contributed by atoms with Crippen LogP contribution in [0.2, 0.25) is 0 Å². The van der Waals surface area contributed by atoms with Gasteiger partial charge in [0.1, 0.15) is 0 Å². The molecule has 0 amide bonds. The summed E-state index contributed by atoms with van der Waals surface area (Å²) in [5, 5.41) is 25.2. The minimum atomic E-state index is 0.838. The van der Waals surface area contributed by atoms with E-state index < -0.39 is 0 Å². The quantitative estimate of drug-likeness (QED) is 0.184. The Kier molecular flexibility index (Phi) is 41.2. The Morgan fingerprint density at radius 1 is 0.545 bits per heavy atom. The summed E-state index contributed by atoms with van der Waals surface area (Å²) in [6.45, 7) is 41.5. The van der Waals surface area contributed by atoms with Crippen LogP contribution in [0.1, 0.15) is 143 Å². The van der Waals surface area contributed by atoms with Gasteiger partial charge in [0.25, 0.3) is 0 Å². The van der Waals surface area contributed by atoms with E-state index in [1.54, 1.807) is 0 Å². The van der Waals surface area contributed by atoms with Crippen LogP contribution < -0.4 is 21.4 Å². The molecule has 484 valence electrons. The Bertz CT molecular complexity index is 2550. The summed E-state index contributed by atoms with van der Waals surface area (Å²) in [4.78, 5) is 21.6. The first-order valence-corrected chi connectivity index (χ1v) is 31.3. The summed E-state index contributed by atoms with van der Waals surface area (Å²) in [5.74, 6) is 3.06. The smallest absolute Gasteiger partial charge is 0.0976 e. The number of amidine groups is 1. The fourth-order valence-corrected chi connectivity index (χ4v) is 9.17. The number of dihydropyridines is 1. The van der Waals surface area contributed by atoms with E-state index in [4.69, 9.17) is 4.74 Å². The lowest BCUT2D eigenvalue weighted by Crippen LogP contribution is -2.21. The van der Waals surface area contributed by atoms with Crippen LogP contribution >= 0.6 is 11.8 Å². The van der Waals surface area contributed by atoms with Gasteiger partial charge in [-0.15, -0.1) is 11.8 Å². The van der Waals surface area contributed by atoms with Crippen LogP contribution in [0.4, 0.5) is 0 Å². The van der Waals surface area contributed by atoms with Crippen molar-refractivity contribution in [1.29, 1.82) is 0 Å². The Balaban J connectivity index is 0.000000484. The van der Waals surface area contributed by atoms with Crippen LogP contribution in [0.5, 0.6) is 0 Å². The summed E-state index contributed by atoms with van der Waals surface area (Å²) in [7, 11) is 10.0. The first-order valence-electron chi connectivity index (χ1n) is 30.5. The normalized spacial score (nSPS) is 18.8. The van der Waals surface area contributed by atoms with Crippen LogP contribution in [0.3, 0.4) is 0 Å². The molecule has 0 spiro atoms. The Labute approximate surface area is 538 Å². The maximum atomic E-state index is 5.21. The Morgan fingerprint density at radius 2 is 1.18 bits per heavy atom. The molecule has 11 aliphatic rings. The van der Waals surface area contributed by atoms with E-state index in [9.17, 15) is 0 Å². The number of thioether (sulfide) groups is 1. The Hall–Kier alpha value is -7.79. The summed E-state index contributed by atoms with van der Waals surface area (Å²) >= 11 is 1.86. The van der Waals surface area contributed by atoms with Gasteiger partial charge >= 0.3 is 0 Å². The molecule has 17 heteroatoms. The van der Waals surface area contributed by atoms with Crippen molar-refractivity contribution in [2.45, 2.75) is 143 Å². The molecule has 0 aromatic rings. The number of hydrogen-bond donors (Lipinski definition) is 4. The van der Waals surface area contributed by atoms with Gasteiger partial charge in [0.05, 0.1) is 72.9 Å². The first kappa shape index (κ1) is 78.2. The molecule has 4 N–H and O–H groups in total. The van der Waals surface area contributed by atoms with Gasteiger partial charge in [0, 0.05) is 110 Å². The lowest BCUT2D eigenvalue weighted by atomic mass is 10.1. The fourth-order valence-electron chi connectivity index (χ4n) is 8.31. The highest BCUT2D eigenvalue weighted by atomic mass is 32.2. The highest BCUT2D eigenvalue weighted by molar-refractivity contribution is 8.06. The van der Waals surface area contributed by atoms with E-state index in [1.165, 1.54) is 48.9 Å². The summed E-state index contributed by atoms with van der Waals surface area (Å²) in [6, 6.07) is 0. The van der Waals surface area contributed by atoms with E-state index in [1.807, 2.05) is 156 Å². The maximum Gasteiger partial charge on any atom is 0.0976 e.